The molecule has 3 aliphatic rings. The highest BCUT2D eigenvalue weighted by molar-refractivity contribution is 5.83. The van der Waals surface area contributed by atoms with Gasteiger partial charge in [-0.25, -0.2) is 14.6 Å². The van der Waals surface area contributed by atoms with Crippen LogP contribution < -0.4 is 20.1 Å². The Morgan fingerprint density at radius 2 is 1.78 bits per heavy atom. The minimum absolute atomic E-state index is 0.0415. The zero-order chi connectivity index (χ0) is 28.6. The van der Waals surface area contributed by atoms with Crippen LogP contribution >= 0.6 is 0 Å². The zero-order valence-electron chi connectivity index (χ0n) is 24.4. The molecule has 2 aliphatic heterocycles. The summed E-state index contributed by atoms with van der Waals surface area (Å²) in [4.78, 5) is 29.4. The standard InChI is InChI=1S/C29H41N9O3/c1-35-26-25(33-34-35)27(32-19-31-26)36-13-15-37(16-14-36)28(39)20-5-8-29(9-6-20)22-18-24(41-3)23(40-2)17-21(22)7-12-38(29)11-4-10-30/h17-20H,4-16,30H2,1-3H3/t20-,29-. The summed E-state index contributed by atoms with van der Waals surface area (Å²) >= 11 is 0. The van der Waals surface area contributed by atoms with Crippen molar-refractivity contribution in [2.24, 2.45) is 18.7 Å². The molecule has 3 aromatic rings. The van der Waals surface area contributed by atoms with Crippen molar-refractivity contribution >= 4 is 22.9 Å². The van der Waals surface area contributed by atoms with Gasteiger partial charge in [0.05, 0.1) is 14.2 Å². The van der Waals surface area contributed by atoms with Gasteiger partial charge in [-0.2, -0.15) is 0 Å². The number of nitrogens with zero attached hydrogens (tertiary/aromatic N) is 8. The highest BCUT2D eigenvalue weighted by Crippen LogP contribution is 2.50. The van der Waals surface area contributed by atoms with E-state index in [4.69, 9.17) is 15.2 Å². The Morgan fingerprint density at radius 3 is 2.49 bits per heavy atom. The SMILES string of the molecule is COc1cc2c(cc1OC)[C@]1(CC[C@@H](C(=O)N3CCN(c4ncnc5c4nnn5C)CC3)CC1)N(CCCN)CC2. The Labute approximate surface area is 240 Å². The number of hydrogen-bond acceptors (Lipinski definition) is 10. The first kappa shape index (κ1) is 27.6. The summed E-state index contributed by atoms with van der Waals surface area (Å²) in [7, 11) is 5.21. The van der Waals surface area contributed by atoms with E-state index in [1.165, 1.54) is 11.1 Å². The lowest BCUT2D eigenvalue weighted by Gasteiger charge is -2.52. The first-order chi connectivity index (χ1) is 20.0. The lowest BCUT2D eigenvalue weighted by Crippen LogP contribution is -2.55. The molecule has 1 amide bonds. The van der Waals surface area contributed by atoms with Gasteiger partial charge < -0.3 is 25.0 Å². The predicted octanol–water partition coefficient (Wildman–Crippen LogP) is 1.72. The number of carbonyl (C=O) groups is 1. The zero-order valence-corrected chi connectivity index (χ0v) is 24.4. The molecule has 41 heavy (non-hydrogen) atoms. The average Bonchev–Trinajstić information content (AvgIpc) is 3.41. The van der Waals surface area contributed by atoms with Gasteiger partial charge in [0.15, 0.2) is 28.5 Å². The lowest BCUT2D eigenvalue weighted by molar-refractivity contribution is -0.138. The molecular weight excluding hydrogens is 522 g/mol. The van der Waals surface area contributed by atoms with Gasteiger partial charge in [0.1, 0.15) is 6.33 Å². The molecule has 12 heteroatoms. The highest BCUT2D eigenvalue weighted by Gasteiger charge is 2.47. The Morgan fingerprint density at radius 1 is 1.05 bits per heavy atom. The Hall–Kier alpha value is -3.51. The van der Waals surface area contributed by atoms with Gasteiger partial charge in [-0.1, -0.05) is 5.21 Å². The second-order valence-corrected chi connectivity index (χ2v) is 11.4. The van der Waals surface area contributed by atoms with Crippen LogP contribution in [0.15, 0.2) is 18.5 Å². The van der Waals surface area contributed by atoms with Crippen LogP contribution in [0.25, 0.3) is 11.2 Å². The monoisotopic (exact) mass is 563 g/mol. The maximum atomic E-state index is 13.8. The fourth-order valence-corrected chi connectivity index (χ4v) is 7.21. The second kappa shape index (κ2) is 11.4. The smallest absolute Gasteiger partial charge is 0.225 e. The molecule has 1 spiro atoms. The van der Waals surface area contributed by atoms with Gasteiger partial charge in [0.25, 0.3) is 0 Å². The Balaban J connectivity index is 1.15. The van der Waals surface area contributed by atoms with Crippen molar-refractivity contribution in [3.8, 4) is 11.5 Å². The first-order valence-electron chi connectivity index (χ1n) is 14.7. The number of rotatable bonds is 7. The van der Waals surface area contributed by atoms with Crippen molar-refractivity contribution in [2.45, 2.75) is 44.1 Å². The van der Waals surface area contributed by atoms with Crippen LogP contribution in [0.1, 0.15) is 43.2 Å². The van der Waals surface area contributed by atoms with Gasteiger partial charge in [-0.3, -0.25) is 9.69 Å². The van der Waals surface area contributed by atoms with Crippen molar-refractivity contribution < 1.29 is 14.3 Å². The van der Waals surface area contributed by atoms with Crippen LogP contribution in [0.3, 0.4) is 0 Å². The maximum Gasteiger partial charge on any atom is 0.225 e. The van der Waals surface area contributed by atoms with Crippen LogP contribution in [0.4, 0.5) is 5.82 Å². The van der Waals surface area contributed by atoms with E-state index >= 15 is 0 Å². The van der Waals surface area contributed by atoms with E-state index in [9.17, 15) is 4.79 Å². The van der Waals surface area contributed by atoms with Gasteiger partial charge in [-0.05, 0) is 68.3 Å². The molecule has 2 aromatic heterocycles. The topological polar surface area (TPSA) is 128 Å². The summed E-state index contributed by atoms with van der Waals surface area (Å²) in [5.74, 6) is 2.66. The van der Waals surface area contributed by atoms with Crippen LogP contribution in [-0.2, 0) is 23.8 Å². The van der Waals surface area contributed by atoms with Crippen molar-refractivity contribution in [3.63, 3.8) is 0 Å². The van der Waals surface area contributed by atoms with E-state index in [1.54, 1.807) is 25.2 Å². The maximum absolute atomic E-state index is 13.8. The number of carbonyl (C=O) groups excluding carboxylic acids is 1. The van der Waals surface area contributed by atoms with Crippen molar-refractivity contribution in [3.05, 3.63) is 29.6 Å². The molecule has 1 saturated heterocycles. The van der Waals surface area contributed by atoms with Crippen molar-refractivity contribution in [2.75, 3.05) is 64.9 Å². The third-order valence-electron chi connectivity index (χ3n) is 9.42. The fraction of sp³-hybridized carbons (Fsp3) is 0.621. The molecule has 1 saturated carbocycles. The Bertz CT molecular complexity index is 1390. The number of benzene rings is 1. The Kier molecular flexibility index (Phi) is 7.69. The number of aryl methyl sites for hydroxylation is 1. The minimum Gasteiger partial charge on any atom is -0.493 e. The van der Waals surface area contributed by atoms with Crippen LogP contribution in [0.2, 0.25) is 0 Å². The van der Waals surface area contributed by atoms with E-state index < -0.39 is 0 Å². The van der Waals surface area contributed by atoms with Crippen LogP contribution in [0.5, 0.6) is 11.5 Å². The molecule has 0 unspecified atom stereocenters. The van der Waals surface area contributed by atoms with Crippen molar-refractivity contribution in [1.29, 1.82) is 0 Å². The quantitative estimate of drug-likeness (QED) is 0.454. The minimum atomic E-state index is -0.104. The number of hydrogen-bond donors (Lipinski definition) is 1. The van der Waals surface area contributed by atoms with Gasteiger partial charge in [0.2, 0.25) is 5.91 Å². The average molecular weight is 564 g/mol. The summed E-state index contributed by atoms with van der Waals surface area (Å²) in [6.45, 7) is 5.41. The van der Waals surface area contributed by atoms with Crippen molar-refractivity contribution in [1.82, 2.24) is 34.8 Å². The number of fused-ring (bicyclic) bond motifs is 3. The first-order valence-corrected chi connectivity index (χ1v) is 14.7. The summed E-state index contributed by atoms with van der Waals surface area (Å²) in [5, 5.41) is 8.36. The van der Waals surface area contributed by atoms with Gasteiger partial charge in [-0.15, -0.1) is 5.10 Å². The molecular formula is C29H41N9O3. The number of amides is 1. The van der Waals surface area contributed by atoms with E-state index in [0.717, 1.165) is 68.9 Å². The van der Waals surface area contributed by atoms with Gasteiger partial charge in [0, 0.05) is 57.8 Å². The fourth-order valence-electron chi connectivity index (χ4n) is 7.21. The van der Waals surface area contributed by atoms with Crippen LogP contribution in [0, 0.1) is 5.92 Å². The summed E-state index contributed by atoms with van der Waals surface area (Å²) < 4.78 is 13.0. The number of nitrogens with two attached hydrogens (primary N) is 1. The van der Waals surface area contributed by atoms with Gasteiger partial charge >= 0.3 is 0 Å². The third kappa shape index (κ3) is 4.86. The number of anilines is 1. The lowest BCUT2D eigenvalue weighted by atomic mass is 9.68. The summed E-state index contributed by atoms with van der Waals surface area (Å²) in [6, 6.07) is 4.34. The molecule has 6 rings (SSSR count). The number of methoxy groups -OCH3 is 2. The number of aromatic nitrogens is 5. The normalized spacial score (nSPS) is 23.2. The molecule has 4 heterocycles. The molecule has 1 aliphatic carbocycles. The highest BCUT2D eigenvalue weighted by atomic mass is 16.5. The summed E-state index contributed by atoms with van der Waals surface area (Å²) in [6.07, 6.45) is 7.13. The number of ether oxygens (including phenoxy) is 2. The molecule has 1 aromatic carbocycles. The third-order valence-corrected chi connectivity index (χ3v) is 9.42. The molecule has 12 nitrogen and oxygen atoms in total. The molecule has 220 valence electrons. The summed E-state index contributed by atoms with van der Waals surface area (Å²) in [5.41, 5.74) is 9.90. The molecule has 2 N–H and O–H groups in total. The van der Waals surface area contributed by atoms with Crippen LogP contribution in [-0.4, -0.2) is 101 Å². The molecule has 2 fully saturated rings. The molecule has 0 radical (unpaired) electrons. The molecule has 0 bridgehead atoms. The van der Waals surface area contributed by atoms with E-state index in [0.29, 0.717) is 43.9 Å². The van der Waals surface area contributed by atoms with E-state index in [-0.39, 0.29) is 17.4 Å². The largest absolute Gasteiger partial charge is 0.493 e. The second-order valence-electron chi connectivity index (χ2n) is 11.4. The van der Waals surface area contributed by atoms with E-state index in [1.807, 2.05) is 11.9 Å². The predicted molar refractivity (Wildman–Crippen MR) is 155 cm³/mol. The molecule has 0 atom stereocenters. The number of piperazine rings is 1. The van der Waals surface area contributed by atoms with E-state index in [2.05, 4.69) is 42.2 Å².